The molecule has 90 valence electrons. The summed E-state index contributed by atoms with van der Waals surface area (Å²) in [5, 5.41) is 3.64. The van der Waals surface area contributed by atoms with E-state index in [4.69, 9.17) is 0 Å². The molecule has 1 heterocycles. The molecule has 0 radical (unpaired) electrons. The fourth-order valence-electron chi connectivity index (χ4n) is 2.82. The maximum atomic E-state index is 4.43. The topological polar surface area (TPSA) is 29.9 Å². The summed E-state index contributed by atoms with van der Waals surface area (Å²) in [6.45, 7) is 3.26. The number of likely N-dealkylation sites (N-methyl/N-ethyl adjacent to an activating group) is 1. The van der Waals surface area contributed by atoms with Crippen LogP contribution in [0.15, 0.2) is 12.4 Å². The molecule has 1 N–H and O–H groups in total. The molecule has 1 aromatic rings. The van der Waals surface area contributed by atoms with Crippen molar-refractivity contribution in [1.82, 2.24) is 14.9 Å². The molecule has 0 bridgehead atoms. The summed E-state index contributed by atoms with van der Waals surface area (Å²) in [4.78, 5) is 4.43. The molecule has 1 aromatic heterocycles. The van der Waals surface area contributed by atoms with E-state index in [1.165, 1.54) is 31.5 Å². The van der Waals surface area contributed by atoms with Crippen LogP contribution in [0.25, 0.3) is 0 Å². The number of rotatable bonds is 5. The molecule has 1 atom stereocenters. The molecular formula is C13H23N3. The Balaban J connectivity index is 1.99. The van der Waals surface area contributed by atoms with Crippen molar-refractivity contribution >= 4 is 0 Å². The molecule has 1 fully saturated rings. The Morgan fingerprint density at radius 3 is 2.81 bits per heavy atom. The summed E-state index contributed by atoms with van der Waals surface area (Å²) in [5.74, 6) is 2.06. The summed E-state index contributed by atoms with van der Waals surface area (Å²) in [6.07, 6.45) is 10.6. The third-order valence-corrected chi connectivity index (χ3v) is 3.76. The molecule has 0 aliphatic heterocycles. The number of hydrogen-bond acceptors (Lipinski definition) is 2. The monoisotopic (exact) mass is 221 g/mol. The van der Waals surface area contributed by atoms with Crippen LogP contribution in [0.3, 0.4) is 0 Å². The average molecular weight is 221 g/mol. The molecule has 0 amide bonds. The predicted molar refractivity (Wildman–Crippen MR) is 66.3 cm³/mol. The van der Waals surface area contributed by atoms with Gasteiger partial charge in [0.25, 0.3) is 0 Å². The molecule has 2 rings (SSSR count). The van der Waals surface area contributed by atoms with Crippen LogP contribution >= 0.6 is 0 Å². The number of nitrogens with zero attached hydrogens (tertiary/aromatic N) is 2. The van der Waals surface area contributed by atoms with Gasteiger partial charge in [0.1, 0.15) is 5.82 Å². The molecular weight excluding hydrogens is 198 g/mol. The lowest BCUT2D eigenvalue weighted by atomic mass is 9.95. The van der Waals surface area contributed by atoms with Crippen LogP contribution in [-0.4, -0.2) is 22.1 Å². The van der Waals surface area contributed by atoms with Crippen LogP contribution < -0.4 is 5.32 Å². The van der Waals surface area contributed by atoms with Gasteiger partial charge in [0.15, 0.2) is 0 Å². The van der Waals surface area contributed by atoms with Crippen LogP contribution in [0.5, 0.6) is 0 Å². The standard InChI is InChI=1S/C13H23N3/c1-3-14-12(11-6-4-5-7-11)10-13-15-8-9-16(13)2/h8-9,11-12,14H,3-7,10H2,1-2H3. The smallest absolute Gasteiger partial charge is 0.109 e. The van der Waals surface area contributed by atoms with Gasteiger partial charge in [-0.15, -0.1) is 0 Å². The molecule has 3 heteroatoms. The first-order valence-electron chi connectivity index (χ1n) is 6.51. The fourth-order valence-corrected chi connectivity index (χ4v) is 2.82. The first-order chi connectivity index (χ1) is 7.81. The van der Waals surface area contributed by atoms with E-state index < -0.39 is 0 Å². The van der Waals surface area contributed by atoms with Gasteiger partial charge in [0.05, 0.1) is 0 Å². The SMILES string of the molecule is CCNC(Cc1nccn1C)C1CCCC1. The highest BCUT2D eigenvalue weighted by Gasteiger charge is 2.25. The summed E-state index contributed by atoms with van der Waals surface area (Å²) in [7, 11) is 2.08. The van der Waals surface area contributed by atoms with Gasteiger partial charge in [-0.05, 0) is 25.3 Å². The third kappa shape index (κ3) is 2.64. The summed E-state index contributed by atoms with van der Waals surface area (Å²) in [6, 6.07) is 0.619. The van der Waals surface area contributed by atoms with Gasteiger partial charge in [-0.2, -0.15) is 0 Å². The first kappa shape index (κ1) is 11.6. The third-order valence-electron chi connectivity index (χ3n) is 3.76. The highest BCUT2D eigenvalue weighted by atomic mass is 15.0. The maximum absolute atomic E-state index is 4.43. The lowest BCUT2D eigenvalue weighted by molar-refractivity contribution is 0.355. The zero-order chi connectivity index (χ0) is 11.4. The van der Waals surface area contributed by atoms with Crippen LogP contribution in [0, 0.1) is 5.92 Å². The minimum atomic E-state index is 0.619. The summed E-state index contributed by atoms with van der Waals surface area (Å²) >= 11 is 0. The van der Waals surface area contributed by atoms with E-state index in [2.05, 4.69) is 28.8 Å². The van der Waals surface area contributed by atoms with Crippen LogP contribution in [-0.2, 0) is 13.5 Å². The van der Waals surface area contributed by atoms with Gasteiger partial charge in [-0.1, -0.05) is 19.8 Å². The second-order valence-electron chi connectivity index (χ2n) is 4.87. The molecule has 1 aliphatic rings. The first-order valence-corrected chi connectivity index (χ1v) is 6.51. The lowest BCUT2D eigenvalue weighted by Gasteiger charge is -2.24. The van der Waals surface area contributed by atoms with E-state index in [0.717, 1.165) is 18.9 Å². The van der Waals surface area contributed by atoms with E-state index >= 15 is 0 Å². The molecule has 0 saturated heterocycles. The van der Waals surface area contributed by atoms with Crippen molar-refractivity contribution in [2.75, 3.05) is 6.54 Å². The Kier molecular flexibility index (Phi) is 3.99. The summed E-state index contributed by atoms with van der Waals surface area (Å²) in [5.41, 5.74) is 0. The van der Waals surface area contributed by atoms with Crippen molar-refractivity contribution < 1.29 is 0 Å². The van der Waals surface area contributed by atoms with E-state index in [1.807, 2.05) is 12.4 Å². The van der Waals surface area contributed by atoms with Crippen molar-refractivity contribution in [3.63, 3.8) is 0 Å². The minimum Gasteiger partial charge on any atom is -0.338 e. The van der Waals surface area contributed by atoms with E-state index in [9.17, 15) is 0 Å². The van der Waals surface area contributed by atoms with Crippen LogP contribution in [0.4, 0.5) is 0 Å². The van der Waals surface area contributed by atoms with Crippen molar-refractivity contribution in [2.24, 2.45) is 13.0 Å². The van der Waals surface area contributed by atoms with Crippen molar-refractivity contribution in [3.8, 4) is 0 Å². The van der Waals surface area contributed by atoms with Crippen molar-refractivity contribution in [3.05, 3.63) is 18.2 Å². The van der Waals surface area contributed by atoms with Crippen molar-refractivity contribution in [2.45, 2.75) is 45.1 Å². The number of hydrogen-bond donors (Lipinski definition) is 1. The van der Waals surface area contributed by atoms with Crippen LogP contribution in [0.2, 0.25) is 0 Å². The highest BCUT2D eigenvalue weighted by Crippen LogP contribution is 2.28. The summed E-state index contributed by atoms with van der Waals surface area (Å²) < 4.78 is 2.14. The zero-order valence-electron chi connectivity index (χ0n) is 10.4. The minimum absolute atomic E-state index is 0.619. The van der Waals surface area contributed by atoms with E-state index in [-0.39, 0.29) is 0 Å². The maximum Gasteiger partial charge on any atom is 0.109 e. The normalized spacial score (nSPS) is 19.1. The molecule has 0 spiro atoms. The van der Waals surface area contributed by atoms with E-state index in [1.54, 1.807) is 0 Å². The van der Waals surface area contributed by atoms with Gasteiger partial charge in [0.2, 0.25) is 0 Å². The predicted octanol–water partition coefficient (Wildman–Crippen LogP) is 2.13. The molecule has 1 aliphatic carbocycles. The Bertz CT molecular complexity index is 313. The van der Waals surface area contributed by atoms with Crippen LogP contribution in [0.1, 0.15) is 38.4 Å². The fraction of sp³-hybridized carbons (Fsp3) is 0.769. The molecule has 3 nitrogen and oxygen atoms in total. The molecule has 0 aromatic carbocycles. The van der Waals surface area contributed by atoms with Gasteiger partial charge < -0.3 is 9.88 Å². The van der Waals surface area contributed by atoms with E-state index in [0.29, 0.717) is 6.04 Å². The number of aromatic nitrogens is 2. The Morgan fingerprint density at radius 1 is 1.50 bits per heavy atom. The molecule has 1 unspecified atom stereocenters. The average Bonchev–Trinajstić information content (AvgIpc) is 2.90. The van der Waals surface area contributed by atoms with Crippen molar-refractivity contribution in [1.29, 1.82) is 0 Å². The number of nitrogens with one attached hydrogen (secondary N) is 1. The second-order valence-corrected chi connectivity index (χ2v) is 4.87. The number of imidazole rings is 1. The quantitative estimate of drug-likeness (QED) is 0.825. The van der Waals surface area contributed by atoms with Gasteiger partial charge in [0, 0.05) is 31.9 Å². The largest absolute Gasteiger partial charge is 0.338 e. The number of aryl methyl sites for hydroxylation is 1. The van der Waals surface area contributed by atoms with Gasteiger partial charge >= 0.3 is 0 Å². The molecule has 1 saturated carbocycles. The Hall–Kier alpha value is -0.830. The lowest BCUT2D eigenvalue weighted by Crippen LogP contribution is -2.37. The Morgan fingerprint density at radius 2 is 2.25 bits per heavy atom. The Labute approximate surface area is 98.3 Å². The van der Waals surface area contributed by atoms with Gasteiger partial charge in [-0.25, -0.2) is 4.98 Å². The second kappa shape index (κ2) is 5.48. The molecule has 16 heavy (non-hydrogen) atoms. The zero-order valence-corrected chi connectivity index (χ0v) is 10.4. The van der Waals surface area contributed by atoms with Gasteiger partial charge in [-0.3, -0.25) is 0 Å². The highest BCUT2D eigenvalue weighted by molar-refractivity contribution is 4.96.